The van der Waals surface area contributed by atoms with Gasteiger partial charge < -0.3 is 10.2 Å². The van der Waals surface area contributed by atoms with Crippen molar-refractivity contribution < 1.29 is 4.79 Å². The lowest BCUT2D eigenvalue weighted by atomic mass is 10.1. The number of carbonyl (C=O) groups is 1. The molecule has 2 aromatic rings. The third-order valence-electron chi connectivity index (χ3n) is 4.72. The minimum Gasteiger partial charge on any atom is -0.334 e. The van der Waals surface area contributed by atoms with Crippen LogP contribution in [0.15, 0.2) is 48.8 Å². The Bertz CT molecular complexity index is 786. The number of hydrogen-bond acceptors (Lipinski definition) is 4. The number of aryl methyl sites for hydroxylation is 1. The highest BCUT2D eigenvalue weighted by Gasteiger charge is 2.29. The highest BCUT2D eigenvalue weighted by Crippen LogP contribution is 2.14. The molecule has 0 radical (unpaired) electrons. The standard InChI is InChI=1S/C20H23N5O/c1-16-12-22-8-7-18(16)13-23-20(26)25-10-9-24(19(11-21)15-25)14-17-5-3-2-4-6-17/h2-8,12,19H,9-10,13-15H2,1H3,(H,23,26). The van der Waals surface area contributed by atoms with Crippen LogP contribution in [0.5, 0.6) is 0 Å². The molecule has 1 N–H and O–H groups in total. The van der Waals surface area contributed by atoms with Gasteiger partial charge in [-0.25, -0.2) is 4.79 Å². The molecule has 134 valence electrons. The Balaban J connectivity index is 1.55. The smallest absolute Gasteiger partial charge is 0.317 e. The van der Waals surface area contributed by atoms with E-state index in [1.54, 1.807) is 17.3 Å². The molecule has 1 atom stereocenters. The number of pyridine rings is 1. The molecule has 6 heteroatoms. The number of aromatic nitrogens is 1. The SMILES string of the molecule is Cc1cnccc1CNC(=O)N1CCN(Cc2ccccc2)C(C#N)C1. The lowest BCUT2D eigenvalue weighted by Crippen LogP contribution is -2.55. The molecule has 0 saturated carbocycles. The molecule has 26 heavy (non-hydrogen) atoms. The maximum absolute atomic E-state index is 12.5. The fourth-order valence-electron chi connectivity index (χ4n) is 3.12. The van der Waals surface area contributed by atoms with Gasteiger partial charge in [-0.1, -0.05) is 30.3 Å². The van der Waals surface area contributed by atoms with Gasteiger partial charge in [-0.3, -0.25) is 9.88 Å². The zero-order chi connectivity index (χ0) is 18.4. The van der Waals surface area contributed by atoms with Crippen molar-refractivity contribution in [2.75, 3.05) is 19.6 Å². The van der Waals surface area contributed by atoms with Crippen LogP contribution in [-0.4, -0.2) is 46.5 Å². The van der Waals surface area contributed by atoms with E-state index in [1.807, 2.05) is 31.2 Å². The van der Waals surface area contributed by atoms with Gasteiger partial charge in [-0.15, -0.1) is 0 Å². The van der Waals surface area contributed by atoms with Crippen LogP contribution < -0.4 is 5.32 Å². The number of amides is 2. The molecule has 1 unspecified atom stereocenters. The van der Waals surface area contributed by atoms with E-state index in [4.69, 9.17) is 0 Å². The van der Waals surface area contributed by atoms with Crippen molar-refractivity contribution in [3.63, 3.8) is 0 Å². The van der Waals surface area contributed by atoms with E-state index in [2.05, 4.69) is 33.4 Å². The van der Waals surface area contributed by atoms with Crippen molar-refractivity contribution in [1.82, 2.24) is 20.1 Å². The first-order valence-electron chi connectivity index (χ1n) is 8.77. The second-order valence-corrected chi connectivity index (χ2v) is 6.51. The molecule has 1 saturated heterocycles. The summed E-state index contributed by atoms with van der Waals surface area (Å²) < 4.78 is 0. The van der Waals surface area contributed by atoms with Crippen LogP contribution in [0.3, 0.4) is 0 Å². The Kier molecular flexibility index (Phi) is 5.82. The Hall–Kier alpha value is -2.91. The van der Waals surface area contributed by atoms with Crippen molar-refractivity contribution in [2.24, 2.45) is 0 Å². The topological polar surface area (TPSA) is 72.3 Å². The van der Waals surface area contributed by atoms with Gasteiger partial charge in [0.2, 0.25) is 0 Å². The van der Waals surface area contributed by atoms with Crippen molar-refractivity contribution in [3.05, 3.63) is 65.5 Å². The molecular weight excluding hydrogens is 326 g/mol. The fraction of sp³-hybridized carbons (Fsp3) is 0.350. The van der Waals surface area contributed by atoms with Crippen LogP contribution in [-0.2, 0) is 13.1 Å². The van der Waals surface area contributed by atoms with Gasteiger partial charge in [0, 0.05) is 38.6 Å². The number of urea groups is 1. The molecule has 0 bridgehead atoms. The van der Waals surface area contributed by atoms with Crippen molar-refractivity contribution in [2.45, 2.75) is 26.1 Å². The lowest BCUT2D eigenvalue weighted by Gasteiger charge is -2.38. The zero-order valence-corrected chi connectivity index (χ0v) is 14.9. The van der Waals surface area contributed by atoms with E-state index in [1.165, 1.54) is 5.56 Å². The van der Waals surface area contributed by atoms with Gasteiger partial charge in [0.1, 0.15) is 6.04 Å². The summed E-state index contributed by atoms with van der Waals surface area (Å²) in [6.45, 7) is 4.90. The number of nitriles is 1. The number of hydrogen-bond donors (Lipinski definition) is 1. The molecule has 1 aromatic heterocycles. The van der Waals surface area contributed by atoms with Crippen LogP contribution in [0.1, 0.15) is 16.7 Å². The predicted octanol–water partition coefficient (Wildman–Crippen LogP) is 2.31. The number of nitrogens with one attached hydrogen (secondary N) is 1. The molecular formula is C20H23N5O. The molecule has 2 heterocycles. The lowest BCUT2D eigenvalue weighted by molar-refractivity contribution is 0.108. The Morgan fingerprint density at radius 1 is 1.31 bits per heavy atom. The summed E-state index contributed by atoms with van der Waals surface area (Å²) in [6, 6.07) is 13.9. The number of nitrogens with zero attached hydrogens (tertiary/aromatic N) is 4. The fourth-order valence-corrected chi connectivity index (χ4v) is 3.12. The maximum Gasteiger partial charge on any atom is 0.317 e. The summed E-state index contributed by atoms with van der Waals surface area (Å²) in [7, 11) is 0. The van der Waals surface area contributed by atoms with Gasteiger partial charge in [-0.2, -0.15) is 5.26 Å². The minimum absolute atomic E-state index is 0.124. The number of rotatable bonds is 4. The highest BCUT2D eigenvalue weighted by atomic mass is 16.2. The molecule has 1 aliphatic rings. The molecule has 1 aliphatic heterocycles. The largest absolute Gasteiger partial charge is 0.334 e. The molecule has 6 nitrogen and oxygen atoms in total. The molecule has 3 rings (SSSR count). The highest BCUT2D eigenvalue weighted by molar-refractivity contribution is 5.74. The summed E-state index contributed by atoms with van der Waals surface area (Å²) in [6.07, 6.45) is 3.51. The van der Waals surface area contributed by atoms with Crippen LogP contribution in [0.2, 0.25) is 0 Å². The number of benzene rings is 1. The summed E-state index contributed by atoms with van der Waals surface area (Å²) in [5.41, 5.74) is 3.28. The van der Waals surface area contributed by atoms with Crippen LogP contribution in [0.4, 0.5) is 4.79 Å². The molecule has 2 amide bonds. The second kappa shape index (κ2) is 8.45. The molecule has 1 fully saturated rings. The third kappa shape index (κ3) is 4.38. The van der Waals surface area contributed by atoms with Crippen molar-refractivity contribution >= 4 is 6.03 Å². The predicted molar refractivity (Wildman–Crippen MR) is 99.0 cm³/mol. The summed E-state index contributed by atoms with van der Waals surface area (Å²) in [5.74, 6) is 0. The maximum atomic E-state index is 12.5. The Labute approximate surface area is 154 Å². The third-order valence-corrected chi connectivity index (χ3v) is 4.72. The van der Waals surface area contributed by atoms with Crippen LogP contribution >= 0.6 is 0 Å². The average molecular weight is 349 g/mol. The van der Waals surface area contributed by atoms with E-state index in [-0.39, 0.29) is 12.1 Å². The van der Waals surface area contributed by atoms with E-state index < -0.39 is 0 Å². The molecule has 0 aliphatic carbocycles. The van der Waals surface area contributed by atoms with E-state index >= 15 is 0 Å². The van der Waals surface area contributed by atoms with E-state index in [0.717, 1.165) is 17.7 Å². The van der Waals surface area contributed by atoms with Gasteiger partial charge in [-0.05, 0) is 29.7 Å². The average Bonchev–Trinajstić information content (AvgIpc) is 2.68. The zero-order valence-electron chi connectivity index (χ0n) is 14.9. The van der Waals surface area contributed by atoms with Gasteiger partial charge in [0.15, 0.2) is 0 Å². The number of piperazine rings is 1. The first kappa shape index (κ1) is 17.9. The Morgan fingerprint density at radius 3 is 2.85 bits per heavy atom. The van der Waals surface area contributed by atoms with Crippen molar-refractivity contribution in [1.29, 1.82) is 5.26 Å². The Morgan fingerprint density at radius 2 is 2.12 bits per heavy atom. The minimum atomic E-state index is -0.294. The van der Waals surface area contributed by atoms with Gasteiger partial charge in [0.25, 0.3) is 0 Å². The van der Waals surface area contributed by atoms with E-state index in [0.29, 0.717) is 26.2 Å². The van der Waals surface area contributed by atoms with Crippen molar-refractivity contribution in [3.8, 4) is 6.07 Å². The van der Waals surface area contributed by atoms with Gasteiger partial charge in [0.05, 0.1) is 12.6 Å². The number of carbonyl (C=O) groups excluding carboxylic acids is 1. The van der Waals surface area contributed by atoms with Crippen LogP contribution in [0.25, 0.3) is 0 Å². The quantitative estimate of drug-likeness (QED) is 0.919. The monoisotopic (exact) mass is 349 g/mol. The molecule has 1 aromatic carbocycles. The van der Waals surface area contributed by atoms with Crippen LogP contribution in [0, 0.1) is 18.3 Å². The molecule has 0 spiro atoms. The first-order valence-corrected chi connectivity index (χ1v) is 8.77. The summed E-state index contributed by atoms with van der Waals surface area (Å²) in [4.78, 5) is 20.4. The van der Waals surface area contributed by atoms with Gasteiger partial charge >= 0.3 is 6.03 Å². The normalized spacial score (nSPS) is 17.5. The second-order valence-electron chi connectivity index (χ2n) is 6.51. The summed E-state index contributed by atoms with van der Waals surface area (Å²) >= 11 is 0. The van der Waals surface area contributed by atoms with E-state index in [9.17, 15) is 10.1 Å². The first-order chi connectivity index (χ1) is 12.7. The summed E-state index contributed by atoms with van der Waals surface area (Å²) in [5, 5.41) is 12.5.